The Balaban J connectivity index is 1.60. The van der Waals surface area contributed by atoms with Crippen molar-refractivity contribution in [3.63, 3.8) is 0 Å². The fourth-order valence-corrected chi connectivity index (χ4v) is 3.61. The molecule has 8 heteroatoms. The second-order valence-corrected chi connectivity index (χ2v) is 7.71. The molecule has 2 aromatic heterocycles. The van der Waals surface area contributed by atoms with Gasteiger partial charge in [-0.3, -0.25) is 4.79 Å². The lowest BCUT2D eigenvalue weighted by Gasteiger charge is -2.13. The van der Waals surface area contributed by atoms with E-state index in [-0.39, 0.29) is 29.2 Å². The van der Waals surface area contributed by atoms with E-state index in [2.05, 4.69) is 21.9 Å². The first-order valence-electron chi connectivity index (χ1n) is 9.96. The molecule has 0 aliphatic carbocycles. The number of imidazole rings is 1. The number of carbonyl (C=O) groups is 1. The normalized spacial score (nSPS) is 11.3. The van der Waals surface area contributed by atoms with E-state index in [1.807, 2.05) is 13.0 Å². The van der Waals surface area contributed by atoms with Crippen LogP contribution >= 0.6 is 11.6 Å². The number of fused-ring (bicyclic) bond motifs is 1. The fraction of sp³-hybridized carbons (Fsp3) is 0.160. The summed E-state index contributed by atoms with van der Waals surface area (Å²) in [6, 6.07) is 12.5. The van der Waals surface area contributed by atoms with Gasteiger partial charge in [-0.25, -0.2) is 9.50 Å². The van der Waals surface area contributed by atoms with Gasteiger partial charge in [-0.1, -0.05) is 30.2 Å². The molecule has 0 bridgehead atoms. The SMILES string of the molecule is Cc1ccc(C(=O)Cc2ccc(CCl)c(C(F)(F)F)c2)cc1C#Cc1cnc2cccnn12. The molecule has 2 heterocycles. The highest BCUT2D eigenvalue weighted by molar-refractivity contribution is 6.17. The number of ketones is 1. The van der Waals surface area contributed by atoms with Crippen LogP contribution in [0.3, 0.4) is 0 Å². The van der Waals surface area contributed by atoms with E-state index < -0.39 is 11.7 Å². The molecule has 0 unspecified atom stereocenters. The minimum Gasteiger partial charge on any atom is -0.294 e. The monoisotopic (exact) mass is 467 g/mol. The van der Waals surface area contributed by atoms with Crippen LogP contribution in [0.25, 0.3) is 5.65 Å². The quantitative estimate of drug-likeness (QED) is 0.222. The third-order valence-electron chi connectivity index (χ3n) is 5.15. The third-order valence-corrected chi connectivity index (χ3v) is 5.44. The van der Waals surface area contributed by atoms with Crippen LogP contribution in [0.4, 0.5) is 13.2 Å². The molecular formula is C25H17ClF3N3O. The van der Waals surface area contributed by atoms with Gasteiger partial charge < -0.3 is 0 Å². The first-order valence-corrected chi connectivity index (χ1v) is 10.5. The second-order valence-electron chi connectivity index (χ2n) is 7.44. The largest absolute Gasteiger partial charge is 0.416 e. The molecule has 0 N–H and O–H groups in total. The van der Waals surface area contributed by atoms with Gasteiger partial charge in [-0.2, -0.15) is 18.3 Å². The Hall–Kier alpha value is -3.63. The highest BCUT2D eigenvalue weighted by Gasteiger charge is 2.33. The van der Waals surface area contributed by atoms with Crippen LogP contribution in [0, 0.1) is 18.8 Å². The molecule has 0 saturated carbocycles. The number of benzene rings is 2. The molecule has 0 aliphatic heterocycles. The molecule has 4 aromatic rings. The molecule has 2 aromatic carbocycles. The number of aromatic nitrogens is 3. The van der Waals surface area contributed by atoms with Gasteiger partial charge in [0.1, 0.15) is 5.69 Å². The molecular weight excluding hydrogens is 451 g/mol. The van der Waals surface area contributed by atoms with Crippen LogP contribution in [0.1, 0.15) is 43.9 Å². The van der Waals surface area contributed by atoms with Crippen LogP contribution in [-0.4, -0.2) is 20.4 Å². The maximum absolute atomic E-state index is 13.3. The van der Waals surface area contributed by atoms with Gasteiger partial charge >= 0.3 is 6.18 Å². The molecule has 0 amide bonds. The van der Waals surface area contributed by atoms with Crippen molar-refractivity contribution in [2.24, 2.45) is 0 Å². The van der Waals surface area contributed by atoms with Gasteiger partial charge in [-0.05, 0) is 53.8 Å². The number of hydrogen-bond acceptors (Lipinski definition) is 3. The lowest BCUT2D eigenvalue weighted by atomic mass is 9.96. The lowest BCUT2D eigenvalue weighted by Crippen LogP contribution is -2.11. The van der Waals surface area contributed by atoms with E-state index in [1.165, 1.54) is 12.1 Å². The maximum atomic E-state index is 13.3. The summed E-state index contributed by atoms with van der Waals surface area (Å²) >= 11 is 5.63. The molecule has 0 fully saturated rings. The second kappa shape index (κ2) is 9.08. The average Bonchev–Trinajstić information content (AvgIpc) is 3.21. The first kappa shape index (κ1) is 22.6. The van der Waals surface area contributed by atoms with E-state index in [4.69, 9.17) is 11.6 Å². The van der Waals surface area contributed by atoms with Crippen molar-refractivity contribution in [1.82, 2.24) is 14.6 Å². The lowest BCUT2D eigenvalue weighted by molar-refractivity contribution is -0.138. The zero-order valence-electron chi connectivity index (χ0n) is 17.4. The zero-order valence-corrected chi connectivity index (χ0v) is 18.2. The Bertz CT molecular complexity index is 1410. The predicted octanol–water partition coefficient (Wildman–Crippen LogP) is 5.62. The molecule has 0 atom stereocenters. The number of nitrogens with zero attached hydrogens (tertiary/aromatic N) is 3. The molecule has 4 nitrogen and oxygen atoms in total. The van der Waals surface area contributed by atoms with Crippen LogP contribution in [0.5, 0.6) is 0 Å². The van der Waals surface area contributed by atoms with Crippen molar-refractivity contribution in [1.29, 1.82) is 0 Å². The molecule has 0 aliphatic rings. The third kappa shape index (κ3) is 4.91. The Morgan fingerprint density at radius 2 is 1.94 bits per heavy atom. The summed E-state index contributed by atoms with van der Waals surface area (Å²) in [5.41, 5.74) is 2.57. The summed E-state index contributed by atoms with van der Waals surface area (Å²) in [5.74, 6) is 5.50. The van der Waals surface area contributed by atoms with E-state index in [9.17, 15) is 18.0 Å². The summed E-state index contributed by atoms with van der Waals surface area (Å²) in [5, 5.41) is 4.21. The van der Waals surface area contributed by atoms with Crippen LogP contribution in [0.15, 0.2) is 60.9 Å². The first-order chi connectivity index (χ1) is 15.8. The minimum atomic E-state index is -4.54. The molecule has 0 spiro atoms. The number of halogens is 4. The summed E-state index contributed by atoms with van der Waals surface area (Å²) in [6.07, 6.45) is -1.46. The summed E-state index contributed by atoms with van der Waals surface area (Å²) in [6.45, 7) is 1.87. The summed E-state index contributed by atoms with van der Waals surface area (Å²) in [7, 11) is 0. The number of alkyl halides is 4. The van der Waals surface area contributed by atoms with E-state index in [0.717, 1.165) is 11.6 Å². The highest BCUT2D eigenvalue weighted by atomic mass is 35.5. The zero-order chi connectivity index (χ0) is 23.6. The van der Waals surface area contributed by atoms with Crippen molar-refractivity contribution in [2.75, 3.05) is 0 Å². The highest BCUT2D eigenvalue weighted by Crippen LogP contribution is 2.33. The number of rotatable bonds is 4. The van der Waals surface area contributed by atoms with Gasteiger partial charge in [0, 0.05) is 29.6 Å². The van der Waals surface area contributed by atoms with E-state index >= 15 is 0 Å². The molecule has 166 valence electrons. The maximum Gasteiger partial charge on any atom is 0.416 e. The van der Waals surface area contributed by atoms with Crippen molar-refractivity contribution in [3.8, 4) is 11.8 Å². The predicted molar refractivity (Wildman–Crippen MR) is 119 cm³/mol. The number of aryl methyl sites for hydroxylation is 1. The molecule has 4 rings (SSSR count). The Kier molecular flexibility index (Phi) is 6.21. The van der Waals surface area contributed by atoms with E-state index in [1.54, 1.807) is 41.2 Å². The average molecular weight is 468 g/mol. The number of hydrogen-bond donors (Lipinski definition) is 0. The summed E-state index contributed by atoms with van der Waals surface area (Å²) < 4.78 is 41.5. The minimum absolute atomic E-state index is 0.0184. The number of Topliss-reactive ketones (excluding diaryl/α,β-unsaturated/α-hetero) is 1. The van der Waals surface area contributed by atoms with Gasteiger partial charge in [0.15, 0.2) is 11.4 Å². The smallest absolute Gasteiger partial charge is 0.294 e. The van der Waals surface area contributed by atoms with Crippen LogP contribution in [0.2, 0.25) is 0 Å². The summed E-state index contributed by atoms with van der Waals surface area (Å²) in [4.78, 5) is 17.1. The van der Waals surface area contributed by atoms with Gasteiger partial charge in [-0.15, -0.1) is 11.6 Å². The van der Waals surface area contributed by atoms with Gasteiger partial charge in [0.05, 0.1) is 11.8 Å². The Morgan fingerprint density at radius 3 is 2.70 bits per heavy atom. The van der Waals surface area contributed by atoms with Crippen LogP contribution < -0.4 is 0 Å². The molecule has 0 saturated heterocycles. The molecule has 33 heavy (non-hydrogen) atoms. The fourth-order valence-electron chi connectivity index (χ4n) is 3.38. The van der Waals surface area contributed by atoms with Crippen molar-refractivity contribution < 1.29 is 18.0 Å². The standard InChI is InChI=1S/C25H17ClF3N3O/c1-16-4-6-19(13-18(16)8-9-21-15-30-24-3-2-10-31-32(21)24)23(33)12-17-5-7-20(14-26)22(11-17)25(27,28)29/h2-7,10-11,13,15H,12,14H2,1H3. The van der Waals surface area contributed by atoms with Gasteiger partial charge in [0.25, 0.3) is 0 Å². The van der Waals surface area contributed by atoms with Gasteiger partial charge in [0.2, 0.25) is 0 Å². The molecule has 0 radical (unpaired) electrons. The number of carbonyl (C=O) groups excluding carboxylic acids is 1. The Labute approximate surface area is 193 Å². The van der Waals surface area contributed by atoms with Crippen molar-refractivity contribution in [2.45, 2.75) is 25.4 Å². The van der Waals surface area contributed by atoms with E-state index in [0.29, 0.717) is 22.5 Å². The van der Waals surface area contributed by atoms with Crippen molar-refractivity contribution >= 4 is 23.0 Å². The Morgan fingerprint density at radius 1 is 1.12 bits per heavy atom. The topological polar surface area (TPSA) is 47.3 Å². The van der Waals surface area contributed by atoms with Crippen molar-refractivity contribution in [3.05, 3.63) is 100.0 Å². The van der Waals surface area contributed by atoms with Crippen LogP contribution in [-0.2, 0) is 18.5 Å².